The Morgan fingerprint density at radius 1 is 1.48 bits per heavy atom. The summed E-state index contributed by atoms with van der Waals surface area (Å²) >= 11 is 0. The molecule has 2 rings (SSSR count). The first kappa shape index (κ1) is 17.8. The quantitative estimate of drug-likeness (QED) is 0.725. The van der Waals surface area contributed by atoms with E-state index in [-0.39, 0.29) is 5.91 Å². The third kappa shape index (κ3) is 6.22. The lowest BCUT2D eigenvalue weighted by molar-refractivity contribution is -0.122. The van der Waals surface area contributed by atoms with Gasteiger partial charge in [0.2, 0.25) is 5.91 Å². The SMILES string of the molecule is COc1cccc(CCCNC(=O)CC(C)C2CCCNC2)c1. The van der Waals surface area contributed by atoms with Gasteiger partial charge < -0.3 is 15.4 Å². The zero-order chi connectivity index (χ0) is 16.5. The van der Waals surface area contributed by atoms with E-state index in [1.54, 1.807) is 7.11 Å². The number of methoxy groups -OCH3 is 1. The molecule has 2 unspecified atom stereocenters. The fourth-order valence-electron chi connectivity index (χ4n) is 3.24. The van der Waals surface area contributed by atoms with E-state index >= 15 is 0 Å². The number of benzene rings is 1. The van der Waals surface area contributed by atoms with Gasteiger partial charge in [0.15, 0.2) is 0 Å². The van der Waals surface area contributed by atoms with E-state index in [4.69, 9.17) is 4.74 Å². The van der Waals surface area contributed by atoms with Gasteiger partial charge >= 0.3 is 0 Å². The van der Waals surface area contributed by atoms with E-state index in [0.29, 0.717) is 18.3 Å². The molecule has 23 heavy (non-hydrogen) atoms. The second kappa shape index (κ2) is 9.56. The molecule has 1 aliphatic heterocycles. The summed E-state index contributed by atoms with van der Waals surface area (Å²) in [5.41, 5.74) is 1.25. The maximum Gasteiger partial charge on any atom is 0.220 e. The minimum Gasteiger partial charge on any atom is -0.497 e. The molecule has 2 atom stereocenters. The molecular weight excluding hydrogens is 288 g/mol. The van der Waals surface area contributed by atoms with Crippen molar-refractivity contribution in [2.24, 2.45) is 11.8 Å². The minimum atomic E-state index is 0.189. The van der Waals surface area contributed by atoms with E-state index in [1.807, 2.05) is 12.1 Å². The van der Waals surface area contributed by atoms with Crippen LogP contribution >= 0.6 is 0 Å². The number of hydrogen-bond donors (Lipinski definition) is 2. The molecule has 1 saturated heterocycles. The van der Waals surface area contributed by atoms with E-state index in [9.17, 15) is 4.79 Å². The lowest BCUT2D eigenvalue weighted by Gasteiger charge is -2.28. The Hall–Kier alpha value is -1.55. The molecule has 1 aliphatic rings. The molecule has 1 aromatic rings. The van der Waals surface area contributed by atoms with Crippen molar-refractivity contribution in [2.75, 3.05) is 26.7 Å². The predicted octanol–water partition coefficient (Wildman–Crippen LogP) is 2.77. The highest BCUT2D eigenvalue weighted by molar-refractivity contribution is 5.76. The van der Waals surface area contributed by atoms with Crippen molar-refractivity contribution in [3.63, 3.8) is 0 Å². The monoisotopic (exact) mass is 318 g/mol. The number of rotatable bonds is 8. The average Bonchev–Trinajstić information content (AvgIpc) is 2.59. The number of ether oxygens (including phenoxy) is 1. The highest BCUT2D eigenvalue weighted by Gasteiger charge is 2.21. The third-order valence-electron chi connectivity index (χ3n) is 4.75. The predicted molar refractivity (Wildman–Crippen MR) is 93.7 cm³/mol. The van der Waals surface area contributed by atoms with Crippen LogP contribution in [0, 0.1) is 11.8 Å². The highest BCUT2D eigenvalue weighted by Crippen LogP contribution is 2.22. The normalized spacial score (nSPS) is 19.1. The fraction of sp³-hybridized carbons (Fsp3) is 0.632. The van der Waals surface area contributed by atoms with Crippen LogP contribution in [0.1, 0.15) is 38.2 Å². The van der Waals surface area contributed by atoms with E-state index in [1.165, 1.54) is 18.4 Å². The van der Waals surface area contributed by atoms with Crippen LogP contribution in [0.15, 0.2) is 24.3 Å². The number of carbonyl (C=O) groups excluding carboxylic acids is 1. The summed E-state index contributed by atoms with van der Waals surface area (Å²) in [7, 11) is 1.68. The van der Waals surface area contributed by atoms with E-state index in [0.717, 1.165) is 38.2 Å². The van der Waals surface area contributed by atoms with Gasteiger partial charge in [-0.15, -0.1) is 0 Å². The minimum absolute atomic E-state index is 0.189. The molecular formula is C19H30N2O2. The summed E-state index contributed by atoms with van der Waals surface area (Å²) in [6.07, 6.45) is 5.04. The van der Waals surface area contributed by atoms with Crippen molar-refractivity contribution in [3.8, 4) is 5.75 Å². The van der Waals surface area contributed by atoms with Gasteiger partial charge in [-0.25, -0.2) is 0 Å². The van der Waals surface area contributed by atoms with Crippen LogP contribution < -0.4 is 15.4 Å². The molecule has 1 fully saturated rings. The second-order valence-electron chi connectivity index (χ2n) is 6.59. The van der Waals surface area contributed by atoms with E-state index < -0.39 is 0 Å². The largest absolute Gasteiger partial charge is 0.497 e. The number of hydrogen-bond acceptors (Lipinski definition) is 3. The van der Waals surface area contributed by atoms with Gasteiger partial charge in [-0.1, -0.05) is 19.1 Å². The van der Waals surface area contributed by atoms with Crippen molar-refractivity contribution >= 4 is 5.91 Å². The average molecular weight is 318 g/mol. The van der Waals surface area contributed by atoms with Gasteiger partial charge in [0.05, 0.1) is 7.11 Å². The Morgan fingerprint density at radius 3 is 3.09 bits per heavy atom. The summed E-state index contributed by atoms with van der Waals surface area (Å²) in [6.45, 7) is 5.13. The molecule has 0 bridgehead atoms. The van der Waals surface area contributed by atoms with Crippen LogP contribution in [0.25, 0.3) is 0 Å². The molecule has 0 aromatic heterocycles. The third-order valence-corrected chi connectivity index (χ3v) is 4.75. The van der Waals surface area contributed by atoms with Crippen molar-refractivity contribution in [3.05, 3.63) is 29.8 Å². The van der Waals surface area contributed by atoms with Gasteiger partial charge in [-0.2, -0.15) is 0 Å². The van der Waals surface area contributed by atoms with Crippen LogP contribution in [0.2, 0.25) is 0 Å². The molecule has 0 radical (unpaired) electrons. The van der Waals surface area contributed by atoms with Crippen LogP contribution in [0.4, 0.5) is 0 Å². The van der Waals surface area contributed by atoms with Crippen molar-refractivity contribution in [1.82, 2.24) is 10.6 Å². The van der Waals surface area contributed by atoms with E-state index in [2.05, 4.69) is 29.7 Å². The lowest BCUT2D eigenvalue weighted by atomic mass is 9.85. The number of carbonyl (C=O) groups is 1. The van der Waals surface area contributed by atoms with Crippen LogP contribution in [-0.2, 0) is 11.2 Å². The number of aryl methyl sites for hydroxylation is 1. The highest BCUT2D eigenvalue weighted by atomic mass is 16.5. The summed E-state index contributed by atoms with van der Waals surface area (Å²) in [5, 5.41) is 6.49. The smallest absolute Gasteiger partial charge is 0.220 e. The van der Waals surface area contributed by atoms with Crippen molar-refractivity contribution < 1.29 is 9.53 Å². The standard InChI is InChI=1S/C19H30N2O2/c1-15(17-8-5-10-20-14-17)12-19(22)21-11-4-7-16-6-3-9-18(13-16)23-2/h3,6,9,13,15,17,20H,4-5,7-8,10-12,14H2,1-2H3,(H,21,22). The first-order valence-corrected chi connectivity index (χ1v) is 8.79. The molecule has 0 spiro atoms. The maximum absolute atomic E-state index is 12.1. The lowest BCUT2D eigenvalue weighted by Crippen LogP contribution is -2.35. The Bertz CT molecular complexity index is 484. The zero-order valence-corrected chi connectivity index (χ0v) is 14.4. The first-order chi connectivity index (χ1) is 11.2. The summed E-state index contributed by atoms with van der Waals surface area (Å²) < 4.78 is 5.23. The fourth-order valence-corrected chi connectivity index (χ4v) is 3.24. The summed E-state index contributed by atoms with van der Waals surface area (Å²) in [6, 6.07) is 8.11. The molecule has 128 valence electrons. The van der Waals surface area contributed by atoms with Gasteiger partial charge in [-0.05, 0) is 68.3 Å². The molecule has 2 N–H and O–H groups in total. The maximum atomic E-state index is 12.1. The van der Waals surface area contributed by atoms with Crippen LogP contribution in [0.5, 0.6) is 5.75 Å². The molecule has 0 saturated carbocycles. The molecule has 1 amide bonds. The van der Waals surface area contributed by atoms with Gasteiger partial charge in [-0.3, -0.25) is 4.79 Å². The number of amides is 1. The zero-order valence-electron chi connectivity index (χ0n) is 14.4. The number of nitrogens with one attached hydrogen (secondary N) is 2. The van der Waals surface area contributed by atoms with Crippen LogP contribution in [-0.4, -0.2) is 32.7 Å². The van der Waals surface area contributed by atoms with Crippen LogP contribution in [0.3, 0.4) is 0 Å². The van der Waals surface area contributed by atoms with Crippen molar-refractivity contribution in [1.29, 1.82) is 0 Å². The molecule has 0 aliphatic carbocycles. The molecule has 1 heterocycles. The Labute approximate surface area is 140 Å². The Kier molecular flexibility index (Phi) is 7.40. The van der Waals surface area contributed by atoms with Gasteiger partial charge in [0.1, 0.15) is 5.75 Å². The number of piperidine rings is 1. The molecule has 4 heteroatoms. The summed E-state index contributed by atoms with van der Waals surface area (Å²) in [5.74, 6) is 2.18. The topological polar surface area (TPSA) is 50.4 Å². The van der Waals surface area contributed by atoms with Gasteiger partial charge in [0, 0.05) is 13.0 Å². The first-order valence-electron chi connectivity index (χ1n) is 8.79. The summed E-state index contributed by atoms with van der Waals surface area (Å²) in [4.78, 5) is 12.1. The Balaban J connectivity index is 1.62. The Morgan fingerprint density at radius 2 is 2.35 bits per heavy atom. The molecule has 4 nitrogen and oxygen atoms in total. The van der Waals surface area contributed by atoms with Gasteiger partial charge in [0.25, 0.3) is 0 Å². The molecule has 1 aromatic carbocycles. The second-order valence-corrected chi connectivity index (χ2v) is 6.59. The van der Waals surface area contributed by atoms with Crippen molar-refractivity contribution in [2.45, 2.75) is 39.0 Å².